The fraction of sp³-hybridized carbons (Fsp3) is 0.357. The summed E-state index contributed by atoms with van der Waals surface area (Å²) >= 11 is 7.17. The first-order chi connectivity index (χ1) is 10.7. The maximum absolute atomic E-state index is 12.0. The zero-order chi connectivity index (χ0) is 15.4. The van der Waals surface area contributed by atoms with E-state index in [2.05, 4.69) is 10.2 Å². The molecule has 8 heteroatoms. The van der Waals surface area contributed by atoms with Crippen molar-refractivity contribution in [3.05, 3.63) is 29.3 Å². The van der Waals surface area contributed by atoms with Gasteiger partial charge in [-0.2, -0.15) is 0 Å². The van der Waals surface area contributed by atoms with Gasteiger partial charge in [-0.1, -0.05) is 29.4 Å². The van der Waals surface area contributed by atoms with Gasteiger partial charge in [0.2, 0.25) is 11.8 Å². The SMILES string of the molecule is O=C(CSc1nnc(-c2cccc(Cl)c2)o1)N1CCOCC1. The zero-order valence-corrected chi connectivity index (χ0v) is 13.3. The van der Waals surface area contributed by atoms with Crippen LogP contribution in [0.15, 0.2) is 33.9 Å². The Kier molecular flexibility index (Phi) is 4.97. The molecule has 0 saturated carbocycles. The van der Waals surface area contributed by atoms with Crippen molar-refractivity contribution in [2.45, 2.75) is 5.22 Å². The summed E-state index contributed by atoms with van der Waals surface area (Å²) < 4.78 is 10.8. The highest BCUT2D eigenvalue weighted by atomic mass is 35.5. The van der Waals surface area contributed by atoms with Crippen LogP contribution in [0.3, 0.4) is 0 Å². The van der Waals surface area contributed by atoms with E-state index in [1.807, 2.05) is 12.1 Å². The highest BCUT2D eigenvalue weighted by Gasteiger charge is 2.18. The molecule has 0 unspecified atom stereocenters. The van der Waals surface area contributed by atoms with E-state index in [0.29, 0.717) is 42.4 Å². The smallest absolute Gasteiger partial charge is 0.277 e. The van der Waals surface area contributed by atoms with E-state index in [9.17, 15) is 4.79 Å². The first-order valence-corrected chi connectivity index (χ1v) is 8.16. The third-order valence-electron chi connectivity index (χ3n) is 3.16. The summed E-state index contributed by atoms with van der Waals surface area (Å²) in [6.45, 7) is 2.46. The number of morpholine rings is 1. The number of nitrogens with zero attached hydrogens (tertiary/aromatic N) is 3. The van der Waals surface area contributed by atoms with E-state index in [1.165, 1.54) is 11.8 Å². The molecule has 0 radical (unpaired) electrons. The summed E-state index contributed by atoms with van der Waals surface area (Å²) in [4.78, 5) is 13.8. The molecule has 1 aromatic carbocycles. The molecule has 2 heterocycles. The van der Waals surface area contributed by atoms with Gasteiger partial charge in [0.1, 0.15) is 0 Å². The van der Waals surface area contributed by atoms with E-state index in [1.54, 1.807) is 17.0 Å². The molecule has 0 aliphatic carbocycles. The van der Waals surface area contributed by atoms with Crippen molar-refractivity contribution in [3.63, 3.8) is 0 Å². The summed E-state index contributed by atoms with van der Waals surface area (Å²) in [5.41, 5.74) is 0.756. The molecule has 1 fully saturated rings. The van der Waals surface area contributed by atoms with Crippen molar-refractivity contribution in [2.24, 2.45) is 0 Å². The van der Waals surface area contributed by atoms with Gasteiger partial charge in [0.15, 0.2) is 0 Å². The fourth-order valence-electron chi connectivity index (χ4n) is 2.03. The van der Waals surface area contributed by atoms with Gasteiger partial charge in [0.05, 0.1) is 19.0 Å². The molecule has 1 amide bonds. The van der Waals surface area contributed by atoms with Crippen LogP contribution in [0.4, 0.5) is 0 Å². The number of carbonyl (C=O) groups is 1. The lowest BCUT2D eigenvalue weighted by atomic mass is 10.2. The van der Waals surface area contributed by atoms with Gasteiger partial charge in [0.25, 0.3) is 5.22 Å². The van der Waals surface area contributed by atoms with Crippen LogP contribution in [0.1, 0.15) is 0 Å². The lowest BCUT2D eigenvalue weighted by Crippen LogP contribution is -2.41. The van der Waals surface area contributed by atoms with E-state index < -0.39 is 0 Å². The minimum absolute atomic E-state index is 0.0517. The van der Waals surface area contributed by atoms with Crippen molar-refractivity contribution in [1.82, 2.24) is 15.1 Å². The quantitative estimate of drug-likeness (QED) is 0.796. The second kappa shape index (κ2) is 7.13. The van der Waals surface area contributed by atoms with Gasteiger partial charge in [-0.15, -0.1) is 10.2 Å². The minimum Gasteiger partial charge on any atom is -0.411 e. The molecular formula is C14H14ClN3O3S. The van der Waals surface area contributed by atoms with Crippen LogP contribution in [-0.2, 0) is 9.53 Å². The molecule has 22 heavy (non-hydrogen) atoms. The molecule has 1 saturated heterocycles. The number of hydrogen-bond acceptors (Lipinski definition) is 6. The van der Waals surface area contributed by atoms with Gasteiger partial charge in [0, 0.05) is 23.7 Å². The van der Waals surface area contributed by atoms with Crippen molar-refractivity contribution in [3.8, 4) is 11.5 Å². The molecule has 1 aliphatic rings. The molecule has 0 N–H and O–H groups in total. The average Bonchev–Trinajstić information content (AvgIpc) is 3.02. The monoisotopic (exact) mass is 339 g/mol. The second-order valence-electron chi connectivity index (χ2n) is 4.67. The molecule has 0 atom stereocenters. The highest BCUT2D eigenvalue weighted by Crippen LogP contribution is 2.25. The number of rotatable bonds is 4. The Morgan fingerprint density at radius 3 is 2.91 bits per heavy atom. The van der Waals surface area contributed by atoms with Gasteiger partial charge < -0.3 is 14.1 Å². The standard InChI is InChI=1S/C14H14ClN3O3S/c15-11-3-1-2-10(8-11)13-16-17-14(21-13)22-9-12(19)18-4-6-20-7-5-18/h1-3,8H,4-7,9H2. The number of halogens is 1. The predicted molar refractivity (Wildman–Crippen MR) is 82.9 cm³/mol. The van der Waals surface area contributed by atoms with Gasteiger partial charge >= 0.3 is 0 Å². The maximum atomic E-state index is 12.0. The van der Waals surface area contributed by atoms with Crippen molar-refractivity contribution in [2.75, 3.05) is 32.1 Å². The van der Waals surface area contributed by atoms with Crippen molar-refractivity contribution < 1.29 is 13.9 Å². The molecule has 0 bridgehead atoms. The molecule has 6 nitrogen and oxygen atoms in total. The predicted octanol–water partition coefficient (Wildman–Crippen LogP) is 2.34. The first-order valence-electron chi connectivity index (χ1n) is 6.80. The number of thioether (sulfide) groups is 1. The minimum atomic E-state index is 0.0517. The Hall–Kier alpha value is -1.57. The topological polar surface area (TPSA) is 68.5 Å². The van der Waals surface area contributed by atoms with Crippen LogP contribution in [0, 0.1) is 0 Å². The Bertz CT molecular complexity index is 658. The molecule has 1 aromatic heterocycles. The van der Waals surface area contributed by atoms with Crippen molar-refractivity contribution >= 4 is 29.3 Å². The largest absolute Gasteiger partial charge is 0.411 e. The Morgan fingerprint density at radius 2 is 2.14 bits per heavy atom. The first kappa shape index (κ1) is 15.3. The van der Waals surface area contributed by atoms with E-state index in [0.717, 1.165) is 5.56 Å². The maximum Gasteiger partial charge on any atom is 0.277 e. The summed E-state index contributed by atoms with van der Waals surface area (Å²) in [5.74, 6) is 0.719. The van der Waals surface area contributed by atoms with Crippen LogP contribution >= 0.6 is 23.4 Å². The van der Waals surface area contributed by atoms with Crippen LogP contribution in [-0.4, -0.2) is 53.1 Å². The lowest BCUT2D eigenvalue weighted by molar-refractivity contribution is -0.132. The van der Waals surface area contributed by atoms with Crippen LogP contribution < -0.4 is 0 Å². The van der Waals surface area contributed by atoms with Gasteiger partial charge in [-0.05, 0) is 18.2 Å². The fourth-order valence-corrected chi connectivity index (χ4v) is 2.89. The van der Waals surface area contributed by atoms with Crippen LogP contribution in [0.2, 0.25) is 5.02 Å². The molecule has 1 aliphatic heterocycles. The molecule has 3 rings (SSSR count). The average molecular weight is 340 g/mol. The summed E-state index contributed by atoms with van der Waals surface area (Å²) in [5, 5.41) is 8.90. The van der Waals surface area contributed by atoms with Gasteiger partial charge in [-0.25, -0.2) is 0 Å². The van der Waals surface area contributed by atoms with E-state index in [4.69, 9.17) is 20.8 Å². The number of ether oxygens (including phenoxy) is 1. The Labute approximate surface area is 136 Å². The molecule has 0 spiro atoms. The van der Waals surface area contributed by atoms with Crippen molar-refractivity contribution in [1.29, 1.82) is 0 Å². The number of benzene rings is 1. The summed E-state index contributed by atoms with van der Waals surface area (Å²) in [7, 11) is 0. The molecule has 2 aromatic rings. The summed E-state index contributed by atoms with van der Waals surface area (Å²) in [6.07, 6.45) is 0. The zero-order valence-electron chi connectivity index (χ0n) is 11.7. The third-order valence-corrected chi connectivity index (χ3v) is 4.20. The highest BCUT2D eigenvalue weighted by molar-refractivity contribution is 7.99. The second-order valence-corrected chi connectivity index (χ2v) is 6.03. The summed E-state index contributed by atoms with van der Waals surface area (Å²) in [6, 6.07) is 7.18. The van der Waals surface area contributed by atoms with Crippen LogP contribution in [0.25, 0.3) is 11.5 Å². The number of hydrogen-bond donors (Lipinski definition) is 0. The normalized spacial score (nSPS) is 15.0. The lowest BCUT2D eigenvalue weighted by Gasteiger charge is -2.26. The Morgan fingerprint density at radius 1 is 1.32 bits per heavy atom. The number of aromatic nitrogens is 2. The van der Waals surface area contributed by atoms with E-state index >= 15 is 0 Å². The number of carbonyl (C=O) groups excluding carboxylic acids is 1. The van der Waals surface area contributed by atoms with E-state index in [-0.39, 0.29) is 11.7 Å². The molecule has 116 valence electrons. The number of amides is 1. The van der Waals surface area contributed by atoms with Gasteiger partial charge in [-0.3, -0.25) is 4.79 Å². The third kappa shape index (κ3) is 3.79. The molecular weight excluding hydrogens is 326 g/mol. The van der Waals surface area contributed by atoms with Crippen LogP contribution in [0.5, 0.6) is 0 Å². The Balaban J connectivity index is 1.59.